The minimum absolute atomic E-state index is 0.252. The van der Waals surface area contributed by atoms with Crippen molar-refractivity contribution >= 4 is 17.2 Å². The number of aromatic nitrogens is 2. The van der Waals surface area contributed by atoms with Crippen molar-refractivity contribution in [1.29, 1.82) is 0 Å². The fourth-order valence-electron chi connectivity index (χ4n) is 2.03. The zero-order valence-electron chi connectivity index (χ0n) is 13.0. The van der Waals surface area contributed by atoms with Crippen molar-refractivity contribution in [3.63, 3.8) is 0 Å². The van der Waals surface area contributed by atoms with Gasteiger partial charge in [-0.2, -0.15) is 5.10 Å². The van der Waals surface area contributed by atoms with Crippen LogP contribution in [-0.4, -0.2) is 29.8 Å². The van der Waals surface area contributed by atoms with Gasteiger partial charge in [-0.25, -0.2) is 0 Å². The van der Waals surface area contributed by atoms with Gasteiger partial charge in [-0.05, 0) is 41.8 Å². The molecule has 0 aliphatic rings. The Kier molecular flexibility index (Phi) is 4.94. The minimum Gasteiger partial charge on any atom is -0.497 e. The van der Waals surface area contributed by atoms with Gasteiger partial charge < -0.3 is 10.1 Å². The van der Waals surface area contributed by atoms with Crippen LogP contribution in [0.2, 0.25) is 0 Å². The molecule has 1 aromatic carbocycles. The van der Waals surface area contributed by atoms with Crippen LogP contribution in [0.4, 0.5) is 0 Å². The first kappa shape index (κ1) is 15.8. The summed E-state index contributed by atoms with van der Waals surface area (Å²) < 4.78 is 5.09. The van der Waals surface area contributed by atoms with Gasteiger partial charge in [0.15, 0.2) is 5.69 Å². The van der Waals surface area contributed by atoms with Gasteiger partial charge >= 0.3 is 0 Å². The predicted octanol–water partition coefficient (Wildman–Crippen LogP) is 2.93. The molecule has 3 aromatic rings. The van der Waals surface area contributed by atoms with E-state index in [1.54, 1.807) is 24.5 Å². The molecule has 5 nitrogen and oxygen atoms in total. The number of rotatable bonds is 4. The van der Waals surface area contributed by atoms with E-state index in [2.05, 4.69) is 27.4 Å². The summed E-state index contributed by atoms with van der Waals surface area (Å²) >= 11 is 1.59. The molecular formula is C18H15N3O2S. The van der Waals surface area contributed by atoms with Gasteiger partial charge in [-0.1, -0.05) is 17.9 Å². The number of carbonyl (C=O) groups is 1. The summed E-state index contributed by atoms with van der Waals surface area (Å²) in [5.41, 5.74) is 2.05. The maximum absolute atomic E-state index is 12.0. The van der Waals surface area contributed by atoms with Crippen LogP contribution in [-0.2, 0) is 0 Å². The number of amides is 1. The van der Waals surface area contributed by atoms with Crippen molar-refractivity contribution in [3.8, 4) is 28.2 Å². The molecule has 0 atom stereocenters. The van der Waals surface area contributed by atoms with Gasteiger partial charge in [0.1, 0.15) is 5.75 Å². The molecule has 0 aliphatic carbocycles. The smallest absolute Gasteiger partial charge is 0.272 e. The lowest BCUT2D eigenvalue weighted by Gasteiger charge is -1.98. The Morgan fingerprint density at radius 2 is 2.17 bits per heavy atom. The molecule has 1 amide bonds. The fourth-order valence-corrected chi connectivity index (χ4v) is 2.72. The van der Waals surface area contributed by atoms with E-state index in [9.17, 15) is 4.79 Å². The van der Waals surface area contributed by atoms with Crippen molar-refractivity contribution in [3.05, 3.63) is 59.1 Å². The first-order valence-electron chi connectivity index (χ1n) is 7.26. The van der Waals surface area contributed by atoms with Gasteiger partial charge in [0.25, 0.3) is 5.91 Å². The summed E-state index contributed by atoms with van der Waals surface area (Å²) in [6.45, 7) is 0.256. The average molecular weight is 337 g/mol. The third-order valence-electron chi connectivity index (χ3n) is 3.26. The summed E-state index contributed by atoms with van der Waals surface area (Å²) in [5.74, 6) is 6.43. The van der Waals surface area contributed by atoms with Gasteiger partial charge in [0.2, 0.25) is 0 Å². The number of hydrogen-bond donors (Lipinski definition) is 2. The molecule has 0 spiro atoms. The number of aromatic amines is 1. The molecule has 120 valence electrons. The second-order valence-corrected chi connectivity index (χ2v) is 5.80. The van der Waals surface area contributed by atoms with Crippen LogP contribution < -0.4 is 10.1 Å². The van der Waals surface area contributed by atoms with E-state index in [1.807, 2.05) is 41.8 Å². The van der Waals surface area contributed by atoms with Crippen LogP contribution in [0.5, 0.6) is 5.75 Å². The quantitative estimate of drug-likeness (QED) is 0.719. The molecule has 2 N–H and O–H groups in total. The molecule has 2 heterocycles. The SMILES string of the molecule is COc1ccc(C#CCNC(=O)c2cc(-c3cccs3)[nH]n2)cc1. The monoisotopic (exact) mass is 337 g/mol. The van der Waals surface area contributed by atoms with E-state index in [0.717, 1.165) is 21.9 Å². The van der Waals surface area contributed by atoms with Crippen molar-refractivity contribution < 1.29 is 9.53 Å². The molecule has 0 fully saturated rings. The lowest BCUT2D eigenvalue weighted by atomic mass is 10.2. The lowest BCUT2D eigenvalue weighted by molar-refractivity contribution is 0.0953. The number of methoxy groups -OCH3 is 1. The molecule has 0 saturated heterocycles. The van der Waals surface area contributed by atoms with E-state index in [0.29, 0.717) is 5.69 Å². The molecule has 24 heavy (non-hydrogen) atoms. The molecule has 0 unspecified atom stereocenters. The molecule has 6 heteroatoms. The van der Waals surface area contributed by atoms with E-state index < -0.39 is 0 Å². The maximum Gasteiger partial charge on any atom is 0.272 e. The van der Waals surface area contributed by atoms with Crippen LogP contribution in [0, 0.1) is 11.8 Å². The number of carbonyl (C=O) groups excluding carboxylic acids is 1. The first-order chi connectivity index (χ1) is 11.8. The first-order valence-corrected chi connectivity index (χ1v) is 8.14. The molecule has 0 aliphatic heterocycles. The van der Waals surface area contributed by atoms with E-state index in [4.69, 9.17) is 4.74 Å². The van der Waals surface area contributed by atoms with Crippen molar-refractivity contribution in [2.45, 2.75) is 0 Å². The van der Waals surface area contributed by atoms with Gasteiger partial charge in [0, 0.05) is 5.56 Å². The number of ether oxygens (including phenoxy) is 1. The summed E-state index contributed by atoms with van der Waals surface area (Å²) in [6, 6.07) is 13.1. The third kappa shape index (κ3) is 3.83. The van der Waals surface area contributed by atoms with Crippen LogP contribution in [0.3, 0.4) is 0 Å². The van der Waals surface area contributed by atoms with Crippen molar-refractivity contribution in [2.75, 3.05) is 13.7 Å². The number of H-pyrrole nitrogens is 1. The Morgan fingerprint density at radius 3 is 2.88 bits per heavy atom. The normalized spacial score (nSPS) is 9.88. The molecule has 2 aromatic heterocycles. The highest BCUT2D eigenvalue weighted by Gasteiger charge is 2.10. The zero-order chi connectivity index (χ0) is 16.8. The van der Waals surface area contributed by atoms with Gasteiger partial charge in [-0.3, -0.25) is 9.89 Å². The largest absolute Gasteiger partial charge is 0.497 e. The fraction of sp³-hybridized carbons (Fsp3) is 0.111. The summed E-state index contributed by atoms with van der Waals surface area (Å²) in [7, 11) is 1.62. The number of nitrogens with zero attached hydrogens (tertiary/aromatic N) is 1. The van der Waals surface area contributed by atoms with Crippen molar-refractivity contribution in [1.82, 2.24) is 15.5 Å². The molecule has 3 rings (SSSR count). The molecular weight excluding hydrogens is 322 g/mol. The second kappa shape index (κ2) is 7.49. The van der Waals surface area contributed by atoms with Crippen LogP contribution >= 0.6 is 11.3 Å². The number of benzene rings is 1. The topological polar surface area (TPSA) is 67.0 Å². The Bertz CT molecular complexity index is 871. The number of hydrogen-bond acceptors (Lipinski definition) is 4. The van der Waals surface area contributed by atoms with Crippen LogP contribution in [0.25, 0.3) is 10.6 Å². The summed E-state index contributed by atoms with van der Waals surface area (Å²) in [6.07, 6.45) is 0. The Labute approximate surface area is 143 Å². The van der Waals surface area contributed by atoms with Gasteiger partial charge in [-0.15, -0.1) is 11.3 Å². The molecule has 0 bridgehead atoms. The minimum atomic E-state index is -0.252. The van der Waals surface area contributed by atoms with Gasteiger partial charge in [0.05, 0.1) is 24.2 Å². The highest BCUT2D eigenvalue weighted by atomic mass is 32.1. The lowest BCUT2D eigenvalue weighted by Crippen LogP contribution is -2.23. The van der Waals surface area contributed by atoms with Crippen LogP contribution in [0.15, 0.2) is 47.8 Å². The highest BCUT2D eigenvalue weighted by molar-refractivity contribution is 7.13. The van der Waals surface area contributed by atoms with Crippen LogP contribution in [0.1, 0.15) is 16.1 Å². The van der Waals surface area contributed by atoms with E-state index in [1.165, 1.54) is 0 Å². The number of thiophene rings is 1. The Balaban J connectivity index is 1.55. The van der Waals surface area contributed by atoms with E-state index >= 15 is 0 Å². The third-order valence-corrected chi connectivity index (χ3v) is 4.16. The van der Waals surface area contributed by atoms with E-state index in [-0.39, 0.29) is 12.5 Å². The Hall–Kier alpha value is -3.04. The van der Waals surface area contributed by atoms with Crippen molar-refractivity contribution in [2.24, 2.45) is 0 Å². The highest BCUT2D eigenvalue weighted by Crippen LogP contribution is 2.22. The second-order valence-electron chi connectivity index (χ2n) is 4.86. The number of nitrogens with one attached hydrogen (secondary N) is 2. The average Bonchev–Trinajstić information content (AvgIpc) is 3.30. The summed E-state index contributed by atoms with van der Waals surface area (Å²) in [4.78, 5) is 13.1. The molecule has 0 saturated carbocycles. The maximum atomic E-state index is 12.0. The molecule has 0 radical (unpaired) electrons. The predicted molar refractivity (Wildman–Crippen MR) is 94.1 cm³/mol. The standard InChI is InChI=1S/C18H15N3O2S/c1-23-14-8-6-13(7-9-14)4-2-10-19-18(22)16-12-15(20-21-16)17-5-3-11-24-17/h3,5-9,11-12H,10H2,1H3,(H,19,22)(H,20,21). The zero-order valence-corrected chi connectivity index (χ0v) is 13.8. The Morgan fingerprint density at radius 1 is 1.33 bits per heavy atom. The summed E-state index contributed by atoms with van der Waals surface area (Å²) in [5, 5.41) is 11.6.